The van der Waals surface area contributed by atoms with Crippen molar-refractivity contribution in [1.29, 1.82) is 0 Å². The number of rotatable bonds is 5. The number of carbonyl (C=O) groups excluding carboxylic acids is 2. The summed E-state index contributed by atoms with van der Waals surface area (Å²) in [6.45, 7) is 5.92. The second-order valence-corrected chi connectivity index (χ2v) is 6.79. The van der Waals surface area contributed by atoms with Gasteiger partial charge in [-0.1, -0.05) is 20.8 Å². The fourth-order valence-electron chi connectivity index (χ4n) is 2.36. The maximum absolute atomic E-state index is 11.7. The first kappa shape index (κ1) is 17.5. The number of carboxylic acids is 1. The lowest BCUT2D eigenvalue weighted by molar-refractivity contribution is -0.143. The van der Waals surface area contributed by atoms with Crippen LogP contribution in [0.25, 0.3) is 0 Å². The van der Waals surface area contributed by atoms with Gasteiger partial charge < -0.3 is 15.7 Å². The van der Waals surface area contributed by atoms with Gasteiger partial charge in [0.05, 0.1) is 12.5 Å². The molecule has 1 saturated carbocycles. The third-order valence-electron chi connectivity index (χ3n) is 3.87. The molecule has 0 aromatic heterocycles. The average molecular weight is 298 g/mol. The first-order valence-corrected chi connectivity index (χ1v) is 7.48. The Balaban J connectivity index is 2.20. The van der Waals surface area contributed by atoms with E-state index in [0.29, 0.717) is 25.3 Å². The van der Waals surface area contributed by atoms with E-state index in [2.05, 4.69) is 10.6 Å². The minimum Gasteiger partial charge on any atom is -0.481 e. The smallest absolute Gasteiger partial charge is 0.306 e. The second kappa shape index (κ2) is 7.43. The van der Waals surface area contributed by atoms with Crippen LogP contribution in [0.15, 0.2) is 0 Å². The predicted octanol–water partition coefficient (Wildman–Crippen LogP) is 1.16. The van der Waals surface area contributed by atoms with Crippen molar-refractivity contribution >= 4 is 17.8 Å². The van der Waals surface area contributed by atoms with Gasteiger partial charge in [0.1, 0.15) is 0 Å². The summed E-state index contributed by atoms with van der Waals surface area (Å²) in [5, 5.41) is 14.3. The highest BCUT2D eigenvalue weighted by Crippen LogP contribution is 2.28. The van der Waals surface area contributed by atoms with Gasteiger partial charge in [0, 0.05) is 12.0 Å². The normalized spacial score (nSPS) is 22.4. The fraction of sp³-hybridized carbons (Fsp3) is 0.800. The molecule has 0 radical (unpaired) electrons. The van der Waals surface area contributed by atoms with E-state index in [1.54, 1.807) is 20.8 Å². The van der Waals surface area contributed by atoms with E-state index >= 15 is 0 Å². The zero-order valence-corrected chi connectivity index (χ0v) is 13.1. The number of carbonyl (C=O) groups is 3. The largest absolute Gasteiger partial charge is 0.481 e. The van der Waals surface area contributed by atoms with Gasteiger partial charge in [0.15, 0.2) is 0 Å². The van der Waals surface area contributed by atoms with Gasteiger partial charge in [-0.15, -0.1) is 0 Å². The van der Waals surface area contributed by atoms with Gasteiger partial charge in [-0.2, -0.15) is 0 Å². The van der Waals surface area contributed by atoms with E-state index in [4.69, 9.17) is 5.11 Å². The standard InChI is InChI=1S/C15H26N2O4/c1-15(2,3)14(21)17-9-12(18)16-8-10-4-6-11(7-5-10)13(19)20/h10-11H,4-9H2,1-3H3,(H,16,18)(H,17,21)(H,19,20). The van der Waals surface area contributed by atoms with Crippen molar-refractivity contribution in [3.63, 3.8) is 0 Å². The predicted molar refractivity (Wildman–Crippen MR) is 78.6 cm³/mol. The van der Waals surface area contributed by atoms with Crippen LogP contribution in [0.4, 0.5) is 0 Å². The molecule has 0 unspecified atom stereocenters. The summed E-state index contributed by atoms with van der Waals surface area (Å²) in [7, 11) is 0. The zero-order chi connectivity index (χ0) is 16.0. The van der Waals surface area contributed by atoms with Crippen molar-refractivity contribution in [3.8, 4) is 0 Å². The van der Waals surface area contributed by atoms with Crippen LogP contribution in [0, 0.1) is 17.3 Å². The molecule has 3 N–H and O–H groups in total. The van der Waals surface area contributed by atoms with E-state index < -0.39 is 11.4 Å². The van der Waals surface area contributed by atoms with E-state index in [1.807, 2.05) is 0 Å². The average Bonchev–Trinajstić information content (AvgIpc) is 2.41. The molecule has 1 aliphatic rings. The zero-order valence-electron chi connectivity index (χ0n) is 13.1. The molecule has 0 atom stereocenters. The summed E-state index contributed by atoms with van der Waals surface area (Å²) in [5.41, 5.74) is -0.504. The van der Waals surface area contributed by atoms with E-state index in [0.717, 1.165) is 12.8 Å². The summed E-state index contributed by atoms with van der Waals surface area (Å²) >= 11 is 0. The maximum Gasteiger partial charge on any atom is 0.306 e. The van der Waals surface area contributed by atoms with Gasteiger partial charge >= 0.3 is 5.97 Å². The SMILES string of the molecule is CC(C)(C)C(=O)NCC(=O)NCC1CCC(C(=O)O)CC1. The third-order valence-corrected chi connectivity index (χ3v) is 3.87. The number of aliphatic carboxylic acids is 1. The van der Waals surface area contributed by atoms with Gasteiger partial charge in [-0.3, -0.25) is 14.4 Å². The number of hydrogen-bond donors (Lipinski definition) is 3. The molecule has 1 aliphatic carbocycles. The lowest BCUT2D eigenvalue weighted by Crippen LogP contribution is -2.43. The van der Waals surface area contributed by atoms with E-state index in [1.165, 1.54) is 0 Å². The highest BCUT2D eigenvalue weighted by Gasteiger charge is 2.26. The minimum atomic E-state index is -0.720. The highest BCUT2D eigenvalue weighted by molar-refractivity contribution is 5.87. The Bertz CT molecular complexity index is 393. The molecule has 0 aromatic carbocycles. The second-order valence-electron chi connectivity index (χ2n) is 6.79. The Kier molecular flexibility index (Phi) is 6.18. The molecule has 0 aliphatic heterocycles. The van der Waals surface area contributed by atoms with Crippen LogP contribution in [-0.2, 0) is 14.4 Å². The number of amides is 2. The van der Waals surface area contributed by atoms with Crippen LogP contribution in [0.3, 0.4) is 0 Å². The van der Waals surface area contributed by atoms with Crippen molar-refractivity contribution in [1.82, 2.24) is 10.6 Å². The fourth-order valence-corrected chi connectivity index (χ4v) is 2.36. The van der Waals surface area contributed by atoms with Crippen LogP contribution in [0.1, 0.15) is 46.5 Å². The van der Waals surface area contributed by atoms with Crippen LogP contribution >= 0.6 is 0 Å². The molecule has 6 nitrogen and oxygen atoms in total. The van der Waals surface area contributed by atoms with Crippen LogP contribution < -0.4 is 10.6 Å². The number of carboxylic acid groups (broad SMARTS) is 1. The van der Waals surface area contributed by atoms with Crippen molar-refractivity contribution in [3.05, 3.63) is 0 Å². The van der Waals surface area contributed by atoms with Gasteiger partial charge in [-0.25, -0.2) is 0 Å². The summed E-state index contributed by atoms with van der Waals surface area (Å²) in [6.07, 6.45) is 3.00. The summed E-state index contributed by atoms with van der Waals surface area (Å²) in [4.78, 5) is 34.1. The Morgan fingerprint density at radius 1 is 1.05 bits per heavy atom. The topological polar surface area (TPSA) is 95.5 Å². The first-order chi connectivity index (χ1) is 9.70. The number of hydrogen-bond acceptors (Lipinski definition) is 3. The Morgan fingerprint density at radius 2 is 1.62 bits per heavy atom. The first-order valence-electron chi connectivity index (χ1n) is 7.48. The van der Waals surface area contributed by atoms with Crippen LogP contribution in [-0.4, -0.2) is 36.0 Å². The molecule has 6 heteroatoms. The van der Waals surface area contributed by atoms with Crippen molar-refractivity contribution in [2.24, 2.45) is 17.3 Å². The Labute approximate surface area is 125 Å². The molecule has 0 heterocycles. The Hall–Kier alpha value is -1.59. The molecule has 120 valence electrons. The van der Waals surface area contributed by atoms with Gasteiger partial charge in [0.25, 0.3) is 0 Å². The lowest BCUT2D eigenvalue weighted by atomic mass is 9.82. The number of nitrogens with one attached hydrogen (secondary N) is 2. The van der Waals surface area contributed by atoms with Crippen LogP contribution in [0.5, 0.6) is 0 Å². The molecular formula is C15H26N2O4. The molecule has 1 rings (SSSR count). The van der Waals surface area contributed by atoms with E-state index in [9.17, 15) is 14.4 Å². The van der Waals surface area contributed by atoms with Gasteiger partial charge in [-0.05, 0) is 31.6 Å². The molecule has 0 bridgehead atoms. The lowest BCUT2D eigenvalue weighted by Gasteiger charge is -2.26. The van der Waals surface area contributed by atoms with Crippen LogP contribution in [0.2, 0.25) is 0 Å². The minimum absolute atomic E-state index is 0.0133. The van der Waals surface area contributed by atoms with E-state index in [-0.39, 0.29) is 24.3 Å². The molecular weight excluding hydrogens is 272 g/mol. The molecule has 2 amide bonds. The molecule has 21 heavy (non-hydrogen) atoms. The highest BCUT2D eigenvalue weighted by atomic mass is 16.4. The molecule has 0 aromatic rings. The van der Waals surface area contributed by atoms with Crippen molar-refractivity contribution in [2.75, 3.05) is 13.1 Å². The molecule has 1 fully saturated rings. The summed E-state index contributed by atoms with van der Waals surface area (Å²) in [6, 6.07) is 0. The van der Waals surface area contributed by atoms with Crippen molar-refractivity contribution in [2.45, 2.75) is 46.5 Å². The third kappa shape index (κ3) is 6.14. The Morgan fingerprint density at radius 3 is 2.10 bits per heavy atom. The summed E-state index contributed by atoms with van der Waals surface area (Å²) < 4.78 is 0. The monoisotopic (exact) mass is 298 g/mol. The summed E-state index contributed by atoms with van der Waals surface area (Å²) in [5.74, 6) is -0.971. The molecule has 0 spiro atoms. The van der Waals surface area contributed by atoms with Gasteiger partial charge in [0.2, 0.25) is 11.8 Å². The van der Waals surface area contributed by atoms with Crippen molar-refractivity contribution < 1.29 is 19.5 Å². The maximum atomic E-state index is 11.7. The quantitative estimate of drug-likeness (QED) is 0.709. The molecule has 0 saturated heterocycles.